The maximum Gasteiger partial charge on any atom is 0.233 e. The predicted octanol–water partition coefficient (Wildman–Crippen LogP) is 2.86. The quantitative estimate of drug-likeness (QED) is 0.255. The van der Waals surface area contributed by atoms with E-state index in [0.29, 0.717) is 24.4 Å². The van der Waals surface area contributed by atoms with Crippen LogP contribution >= 0.6 is 12.2 Å². The molecule has 21 heavy (non-hydrogen) atoms. The summed E-state index contributed by atoms with van der Waals surface area (Å²) >= 11 is 5.06. The van der Waals surface area contributed by atoms with Crippen molar-refractivity contribution < 1.29 is 4.79 Å². The minimum Gasteiger partial charge on any atom is -0.341 e. The van der Waals surface area contributed by atoms with Crippen molar-refractivity contribution in [3.05, 3.63) is 40.5 Å². The highest BCUT2D eigenvalue weighted by Gasteiger charge is 2.37. The van der Waals surface area contributed by atoms with Crippen LogP contribution in [0.2, 0.25) is 0 Å². The molecule has 0 aromatic carbocycles. The molecule has 1 aromatic rings. The van der Waals surface area contributed by atoms with E-state index in [4.69, 9.17) is 17.7 Å². The number of hydrogen-bond acceptors (Lipinski definition) is 4. The Bertz CT molecular complexity index is 568. The number of nitrogens with zero attached hydrogens (tertiary/aromatic N) is 5. The predicted molar refractivity (Wildman–Crippen MR) is 84.0 cm³/mol. The Morgan fingerprint density at radius 3 is 3.05 bits per heavy atom. The summed E-state index contributed by atoms with van der Waals surface area (Å²) in [5, 5.41) is 3.67. The van der Waals surface area contributed by atoms with Crippen LogP contribution in [-0.4, -0.2) is 39.8 Å². The van der Waals surface area contributed by atoms with Crippen LogP contribution in [0.5, 0.6) is 0 Å². The Morgan fingerprint density at radius 1 is 1.67 bits per heavy atom. The molecule has 1 aliphatic rings. The van der Waals surface area contributed by atoms with Gasteiger partial charge in [0.05, 0.1) is 17.7 Å². The summed E-state index contributed by atoms with van der Waals surface area (Å²) in [6, 6.07) is 5.36. The summed E-state index contributed by atoms with van der Waals surface area (Å²) in [5.41, 5.74) is 9.32. The maximum absolute atomic E-state index is 12.1. The fourth-order valence-corrected chi connectivity index (χ4v) is 2.55. The van der Waals surface area contributed by atoms with Crippen molar-refractivity contribution in [3.8, 4) is 0 Å². The first-order chi connectivity index (χ1) is 10.1. The molecule has 7 heteroatoms. The number of pyridine rings is 1. The van der Waals surface area contributed by atoms with Crippen molar-refractivity contribution in [1.82, 2.24) is 9.88 Å². The molecule has 110 valence electrons. The highest BCUT2D eigenvalue weighted by Crippen LogP contribution is 2.27. The van der Waals surface area contributed by atoms with Crippen LogP contribution in [0.4, 0.5) is 0 Å². The number of aromatic nitrogens is 1. The number of carbonyl (C=O) groups excluding carboxylic acids is 1. The number of hydrogen-bond donors (Lipinski definition) is 0. The summed E-state index contributed by atoms with van der Waals surface area (Å²) in [6.45, 7) is 3.15. The van der Waals surface area contributed by atoms with Crippen LogP contribution < -0.4 is 0 Å². The fraction of sp³-hybridized carbons (Fsp3) is 0.500. The molecule has 0 N–H and O–H groups in total. The van der Waals surface area contributed by atoms with E-state index in [1.807, 2.05) is 23.1 Å². The summed E-state index contributed by atoms with van der Waals surface area (Å²) in [5.74, 6) is 0.0134. The van der Waals surface area contributed by atoms with Gasteiger partial charge in [0.1, 0.15) is 0 Å². The van der Waals surface area contributed by atoms with E-state index in [1.165, 1.54) is 0 Å². The Morgan fingerprint density at radius 2 is 2.48 bits per heavy atom. The summed E-state index contributed by atoms with van der Waals surface area (Å²) in [4.78, 5) is 21.6. The smallest absolute Gasteiger partial charge is 0.233 e. The van der Waals surface area contributed by atoms with Gasteiger partial charge in [-0.05, 0) is 42.3 Å². The summed E-state index contributed by atoms with van der Waals surface area (Å²) in [6.07, 6.45) is 3.16. The lowest BCUT2D eigenvalue weighted by Crippen LogP contribution is -2.51. The minimum absolute atomic E-state index is 0.105. The van der Waals surface area contributed by atoms with Gasteiger partial charge >= 0.3 is 0 Å². The minimum atomic E-state index is -0.257. The van der Waals surface area contributed by atoms with Crippen LogP contribution in [0.3, 0.4) is 0 Å². The number of β-lactam (4-membered cyclic amide) rings is 1. The number of amides is 1. The third-order valence-electron chi connectivity index (χ3n) is 3.62. The second-order valence-electron chi connectivity index (χ2n) is 5.07. The van der Waals surface area contributed by atoms with E-state index in [1.54, 1.807) is 13.1 Å². The van der Waals surface area contributed by atoms with Gasteiger partial charge in [0.2, 0.25) is 5.91 Å². The molecule has 1 amide bonds. The van der Waals surface area contributed by atoms with Crippen molar-refractivity contribution in [2.75, 3.05) is 13.1 Å². The molecule has 1 saturated heterocycles. The molecule has 1 fully saturated rings. The third-order valence-corrected chi connectivity index (χ3v) is 3.90. The zero-order valence-corrected chi connectivity index (χ0v) is 12.7. The molecule has 2 unspecified atom stereocenters. The molecule has 2 atom stereocenters. The Hall–Kier alpha value is -1.98. The van der Waals surface area contributed by atoms with Gasteiger partial charge in [-0.25, -0.2) is 0 Å². The van der Waals surface area contributed by atoms with Crippen molar-refractivity contribution in [3.63, 3.8) is 0 Å². The van der Waals surface area contributed by atoms with E-state index >= 15 is 0 Å². The SMILES string of the molecule is CC(=S)C(CCCN1CC(c2ccccn2)C1=O)N=[N+]=[N-]. The van der Waals surface area contributed by atoms with Gasteiger partial charge in [-0.1, -0.05) is 23.4 Å². The van der Waals surface area contributed by atoms with E-state index in [-0.39, 0.29) is 17.9 Å². The second-order valence-corrected chi connectivity index (χ2v) is 5.71. The van der Waals surface area contributed by atoms with Crippen LogP contribution in [0.1, 0.15) is 31.4 Å². The number of carbonyl (C=O) groups is 1. The second kappa shape index (κ2) is 7.15. The normalized spacial score (nSPS) is 18.6. The maximum atomic E-state index is 12.1. The number of rotatable bonds is 7. The van der Waals surface area contributed by atoms with Crippen molar-refractivity contribution in [2.45, 2.75) is 31.7 Å². The Labute approximate surface area is 128 Å². The molecule has 2 rings (SSSR count). The summed E-state index contributed by atoms with van der Waals surface area (Å²) in [7, 11) is 0. The van der Waals surface area contributed by atoms with E-state index < -0.39 is 0 Å². The van der Waals surface area contributed by atoms with Crippen LogP contribution in [-0.2, 0) is 4.79 Å². The van der Waals surface area contributed by atoms with Gasteiger partial charge < -0.3 is 4.90 Å². The first kappa shape index (κ1) is 15.4. The van der Waals surface area contributed by atoms with E-state index in [0.717, 1.165) is 12.1 Å². The summed E-state index contributed by atoms with van der Waals surface area (Å²) < 4.78 is 0. The van der Waals surface area contributed by atoms with Crippen LogP contribution in [0.25, 0.3) is 10.4 Å². The fourth-order valence-electron chi connectivity index (χ4n) is 2.38. The number of azide groups is 1. The lowest BCUT2D eigenvalue weighted by Gasteiger charge is -2.38. The highest BCUT2D eigenvalue weighted by atomic mass is 32.1. The number of thiocarbonyl (C=S) groups is 1. The standard InChI is InChI=1S/C14H17N5OS/c1-10(21)12(17-18-15)6-4-8-19-9-11(14(19)20)13-5-2-3-7-16-13/h2-3,5,7,11-12H,4,6,8-9H2,1H3. The molecular formula is C14H17N5OS. The van der Waals surface area contributed by atoms with Gasteiger partial charge in [0, 0.05) is 24.2 Å². The first-order valence-electron chi connectivity index (χ1n) is 6.88. The molecule has 0 bridgehead atoms. The monoisotopic (exact) mass is 303 g/mol. The van der Waals surface area contributed by atoms with Gasteiger partial charge in [-0.15, -0.1) is 0 Å². The third kappa shape index (κ3) is 3.77. The molecule has 6 nitrogen and oxygen atoms in total. The van der Waals surface area contributed by atoms with Gasteiger partial charge in [0.15, 0.2) is 0 Å². The van der Waals surface area contributed by atoms with Crippen LogP contribution in [0.15, 0.2) is 29.5 Å². The molecular weight excluding hydrogens is 286 g/mol. The number of likely N-dealkylation sites (tertiary alicyclic amines) is 1. The van der Waals surface area contributed by atoms with Crippen molar-refractivity contribution in [2.24, 2.45) is 5.11 Å². The van der Waals surface area contributed by atoms with E-state index in [9.17, 15) is 4.79 Å². The lowest BCUT2D eigenvalue weighted by atomic mass is 9.94. The van der Waals surface area contributed by atoms with Gasteiger partial charge in [-0.3, -0.25) is 9.78 Å². The zero-order valence-electron chi connectivity index (χ0n) is 11.8. The van der Waals surface area contributed by atoms with E-state index in [2.05, 4.69) is 15.0 Å². The molecule has 0 spiro atoms. The van der Waals surface area contributed by atoms with Gasteiger partial charge in [0.25, 0.3) is 0 Å². The molecule has 1 aliphatic heterocycles. The zero-order chi connectivity index (χ0) is 15.2. The van der Waals surface area contributed by atoms with Crippen molar-refractivity contribution >= 4 is 23.0 Å². The Balaban J connectivity index is 1.78. The first-order valence-corrected chi connectivity index (χ1v) is 7.28. The largest absolute Gasteiger partial charge is 0.341 e. The molecule has 2 heterocycles. The lowest BCUT2D eigenvalue weighted by molar-refractivity contribution is -0.143. The average molecular weight is 303 g/mol. The van der Waals surface area contributed by atoms with Crippen LogP contribution in [0, 0.1) is 0 Å². The molecule has 1 aromatic heterocycles. The topological polar surface area (TPSA) is 82.0 Å². The molecule has 0 aliphatic carbocycles. The molecule has 0 radical (unpaired) electrons. The average Bonchev–Trinajstić information content (AvgIpc) is 2.49. The Kier molecular flexibility index (Phi) is 5.25. The van der Waals surface area contributed by atoms with Gasteiger partial charge in [-0.2, -0.15) is 0 Å². The highest BCUT2D eigenvalue weighted by molar-refractivity contribution is 7.80. The molecule has 0 saturated carbocycles. The van der Waals surface area contributed by atoms with Crippen molar-refractivity contribution in [1.29, 1.82) is 0 Å².